The van der Waals surface area contributed by atoms with E-state index in [4.69, 9.17) is 14.1 Å². The average Bonchev–Trinajstić information content (AvgIpc) is 3.71. The van der Waals surface area contributed by atoms with Crippen molar-refractivity contribution >= 4 is 29.3 Å². The fraction of sp³-hybridized carbons (Fsp3) is 0.200. The Kier molecular flexibility index (Phi) is 7.61. The maximum Gasteiger partial charge on any atom is 0.407 e. The summed E-state index contributed by atoms with van der Waals surface area (Å²) in [5.41, 5.74) is 6.23. The Bertz CT molecular complexity index is 1860. The number of urea groups is 1. The molecule has 4 heterocycles. The summed E-state index contributed by atoms with van der Waals surface area (Å²) in [5, 5.41) is 5.74. The van der Waals surface area contributed by atoms with Crippen LogP contribution in [0.1, 0.15) is 23.4 Å². The molecule has 10 nitrogen and oxygen atoms in total. The second-order valence-corrected chi connectivity index (χ2v) is 11.2. The quantitative estimate of drug-likeness (QED) is 0.212. The number of nitrogens with zero attached hydrogens (tertiary/aromatic N) is 4. The molecule has 1 saturated heterocycles. The average molecular weight is 601 g/mol. The van der Waals surface area contributed by atoms with Crippen molar-refractivity contribution < 1.29 is 18.7 Å². The van der Waals surface area contributed by atoms with Gasteiger partial charge in [-0.2, -0.15) is 0 Å². The van der Waals surface area contributed by atoms with Crippen LogP contribution in [0.3, 0.4) is 0 Å². The molecule has 1 atom stereocenters. The van der Waals surface area contributed by atoms with Crippen molar-refractivity contribution in [1.82, 2.24) is 15.3 Å². The summed E-state index contributed by atoms with van der Waals surface area (Å²) in [4.78, 5) is 39.3. The Balaban J connectivity index is 1.03. The molecule has 0 radical (unpaired) electrons. The molecular formula is C35H32N6O4. The van der Waals surface area contributed by atoms with Crippen LogP contribution in [0.4, 0.5) is 26.8 Å². The first-order valence-corrected chi connectivity index (χ1v) is 14.9. The molecule has 7 rings (SSSR count). The number of hydrogen-bond acceptors (Lipinski definition) is 7. The van der Waals surface area contributed by atoms with E-state index >= 15 is 0 Å². The molecule has 2 aromatic heterocycles. The lowest BCUT2D eigenvalue weighted by molar-refractivity contribution is 0.138. The number of hydrogen-bond donors (Lipinski definition) is 2. The first kappa shape index (κ1) is 28.1. The number of aromatic nitrogens is 2. The number of carbonyl (C=O) groups excluding carboxylic acids is 2. The molecule has 1 fully saturated rings. The highest BCUT2D eigenvalue weighted by Crippen LogP contribution is 2.40. The molecule has 0 unspecified atom stereocenters. The number of rotatable bonds is 7. The second kappa shape index (κ2) is 12.2. The number of pyridine rings is 1. The molecule has 0 spiro atoms. The lowest BCUT2D eigenvalue weighted by Gasteiger charge is -2.36. The highest BCUT2D eigenvalue weighted by atomic mass is 16.5. The Morgan fingerprint density at radius 2 is 1.82 bits per heavy atom. The third-order valence-electron chi connectivity index (χ3n) is 8.03. The fourth-order valence-corrected chi connectivity index (χ4v) is 5.82. The summed E-state index contributed by atoms with van der Waals surface area (Å²) in [5.74, 6) is 1.52. The number of benzene rings is 3. The largest absolute Gasteiger partial charge is 0.445 e. The van der Waals surface area contributed by atoms with E-state index in [1.54, 1.807) is 11.1 Å². The molecule has 0 aliphatic carbocycles. The fourth-order valence-electron chi connectivity index (χ4n) is 5.82. The predicted molar refractivity (Wildman–Crippen MR) is 172 cm³/mol. The summed E-state index contributed by atoms with van der Waals surface area (Å²) in [6.07, 6.45) is 1.91. The summed E-state index contributed by atoms with van der Waals surface area (Å²) in [6.45, 7) is 3.97. The van der Waals surface area contributed by atoms with Gasteiger partial charge in [0.2, 0.25) is 5.89 Å². The van der Waals surface area contributed by atoms with E-state index in [9.17, 15) is 9.59 Å². The van der Waals surface area contributed by atoms with Gasteiger partial charge in [0.1, 0.15) is 6.61 Å². The van der Waals surface area contributed by atoms with E-state index in [2.05, 4.69) is 45.6 Å². The van der Waals surface area contributed by atoms with Crippen molar-refractivity contribution in [3.63, 3.8) is 0 Å². The third-order valence-corrected chi connectivity index (χ3v) is 8.03. The molecule has 2 aliphatic heterocycles. The predicted octanol–water partition coefficient (Wildman–Crippen LogP) is 6.77. The monoisotopic (exact) mass is 600 g/mol. The van der Waals surface area contributed by atoms with Crippen LogP contribution in [0.5, 0.6) is 0 Å². The van der Waals surface area contributed by atoms with Crippen LogP contribution in [-0.2, 0) is 17.9 Å². The SMILES string of the molecule is Cc1cccc(-c2ccc3c(n2)N(C(=O)Nc2cccc(-c4cnc(CNC(=O)OCc5ccccc5)o4)c2)[C@H]2CCN3C2)c1. The van der Waals surface area contributed by atoms with Crippen LogP contribution in [0.25, 0.3) is 22.6 Å². The van der Waals surface area contributed by atoms with Crippen LogP contribution in [0.2, 0.25) is 0 Å². The molecule has 2 bridgehead atoms. The topological polar surface area (TPSA) is 113 Å². The maximum absolute atomic E-state index is 13.8. The number of ether oxygens (including phenoxy) is 1. The molecule has 0 saturated carbocycles. The first-order chi connectivity index (χ1) is 22.0. The molecule has 2 N–H and O–H groups in total. The maximum atomic E-state index is 13.8. The molecule has 3 amide bonds. The molecule has 45 heavy (non-hydrogen) atoms. The van der Waals surface area contributed by atoms with Gasteiger partial charge in [-0.1, -0.05) is 66.2 Å². The van der Waals surface area contributed by atoms with E-state index in [0.717, 1.165) is 53.1 Å². The molecule has 3 aromatic carbocycles. The zero-order chi connectivity index (χ0) is 30.8. The zero-order valence-corrected chi connectivity index (χ0v) is 24.8. The van der Waals surface area contributed by atoms with Crippen LogP contribution in [0.15, 0.2) is 102 Å². The van der Waals surface area contributed by atoms with Crippen molar-refractivity contribution in [2.45, 2.75) is 32.5 Å². The summed E-state index contributed by atoms with van der Waals surface area (Å²) >= 11 is 0. The van der Waals surface area contributed by atoms with Gasteiger partial charge in [0.15, 0.2) is 11.6 Å². The number of alkyl carbamates (subject to hydrolysis) is 1. The Morgan fingerprint density at radius 1 is 0.978 bits per heavy atom. The van der Waals surface area contributed by atoms with Gasteiger partial charge in [0, 0.05) is 29.9 Å². The van der Waals surface area contributed by atoms with E-state index in [1.807, 2.05) is 72.8 Å². The van der Waals surface area contributed by atoms with Crippen LogP contribution in [-0.4, -0.2) is 41.2 Å². The molecule has 5 aromatic rings. The number of aryl methyl sites for hydroxylation is 1. The standard InChI is InChI=1S/C35H32N6O4/c1-23-7-5-10-25(17-23)29-13-14-30-33(39-29)41(28-15-16-40(30)21-28)34(42)38-27-12-6-11-26(18-27)31-19-36-32(45-31)20-37-35(43)44-22-24-8-3-2-4-9-24/h2-14,17-19,28H,15-16,20-22H2,1H3,(H,37,43)(H,38,42)/t28-/m0/s1. The number of carbonyl (C=O) groups is 2. The highest BCUT2D eigenvalue weighted by molar-refractivity contribution is 6.05. The van der Waals surface area contributed by atoms with E-state index < -0.39 is 6.09 Å². The van der Waals surface area contributed by atoms with Gasteiger partial charge < -0.3 is 24.7 Å². The lowest BCUT2D eigenvalue weighted by Crippen LogP contribution is -2.48. The van der Waals surface area contributed by atoms with Crippen molar-refractivity contribution in [1.29, 1.82) is 0 Å². The highest BCUT2D eigenvalue weighted by Gasteiger charge is 2.40. The second-order valence-electron chi connectivity index (χ2n) is 11.2. The minimum Gasteiger partial charge on any atom is -0.445 e. The molecule has 10 heteroatoms. The Hall–Kier alpha value is -5.64. The molecular weight excluding hydrogens is 568 g/mol. The van der Waals surface area contributed by atoms with E-state index in [1.165, 1.54) is 0 Å². The van der Waals surface area contributed by atoms with E-state index in [0.29, 0.717) is 23.2 Å². The number of amides is 3. The number of fused-ring (bicyclic) bond motifs is 4. The van der Waals surface area contributed by atoms with Crippen molar-refractivity contribution in [2.24, 2.45) is 0 Å². The third kappa shape index (κ3) is 6.08. The lowest BCUT2D eigenvalue weighted by atomic mass is 10.1. The number of anilines is 3. The van der Waals surface area contributed by atoms with Gasteiger partial charge in [-0.15, -0.1) is 0 Å². The van der Waals surface area contributed by atoms with Gasteiger partial charge in [-0.05, 0) is 49.2 Å². The van der Waals surface area contributed by atoms with Crippen LogP contribution >= 0.6 is 0 Å². The summed E-state index contributed by atoms with van der Waals surface area (Å²) in [6, 6.07) is 29.0. The summed E-state index contributed by atoms with van der Waals surface area (Å²) in [7, 11) is 0. The van der Waals surface area contributed by atoms with Crippen LogP contribution < -0.4 is 20.4 Å². The Morgan fingerprint density at radius 3 is 2.69 bits per heavy atom. The molecule has 226 valence electrons. The van der Waals surface area contributed by atoms with Crippen molar-refractivity contribution in [2.75, 3.05) is 28.2 Å². The van der Waals surface area contributed by atoms with Crippen molar-refractivity contribution in [3.8, 4) is 22.6 Å². The minimum absolute atomic E-state index is 0.0321. The normalized spacial score (nSPS) is 15.0. The van der Waals surface area contributed by atoms with Crippen molar-refractivity contribution in [3.05, 3.63) is 114 Å². The number of oxazole rings is 1. The number of nitrogens with one attached hydrogen (secondary N) is 2. The Labute approximate surface area is 260 Å². The smallest absolute Gasteiger partial charge is 0.407 e. The van der Waals surface area contributed by atoms with Gasteiger partial charge in [0.25, 0.3) is 0 Å². The van der Waals surface area contributed by atoms with Gasteiger partial charge in [-0.25, -0.2) is 19.6 Å². The minimum atomic E-state index is -0.562. The molecule has 2 aliphatic rings. The van der Waals surface area contributed by atoms with E-state index in [-0.39, 0.29) is 25.2 Å². The van der Waals surface area contributed by atoms with Gasteiger partial charge >= 0.3 is 12.1 Å². The van der Waals surface area contributed by atoms with Crippen LogP contribution in [0, 0.1) is 6.92 Å². The zero-order valence-electron chi connectivity index (χ0n) is 24.8. The summed E-state index contributed by atoms with van der Waals surface area (Å²) < 4.78 is 11.1. The van der Waals surface area contributed by atoms with Gasteiger partial charge in [0.05, 0.1) is 30.2 Å². The first-order valence-electron chi connectivity index (χ1n) is 14.9. The van der Waals surface area contributed by atoms with Gasteiger partial charge in [-0.3, -0.25) is 4.90 Å².